The third-order valence-electron chi connectivity index (χ3n) is 3.56. The van der Waals surface area contributed by atoms with E-state index in [1.807, 2.05) is 6.07 Å². The molecule has 0 aliphatic rings. The van der Waals surface area contributed by atoms with E-state index in [1.165, 1.54) is 12.1 Å². The van der Waals surface area contributed by atoms with Crippen molar-refractivity contribution in [2.45, 2.75) is 25.7 Å². The topological polar surface area (TPSA) is 110 Å². The Morgan fingerprint density at radius 1 is 1.36 bits per heavy atom. The van der Waals surface area contributed by atoms with E-state index in [0.29, 0.717) is 17.6 Å². The maximum atomic E-state index is 11.3. The van der Waals surface area contributed by atoms with E-state index >= 15 is 0 Å². The highest BCUT2D eigenvalue weighted by atomic mass is 16.4. The number of carboxylic acids is 1. The Balaban J connectivity index is 2.44. The molecule has 1 aromatic heterocycles. The molecular weight excluding hydrogens is 284 g/mol. The second-order valence-corrected chi connectivity index (χ2v) is 5.12. The standard InChI is InChI=1S/C16H16N2O4/c1-9-13(12(8-19)4-5-15(17)20)6-10-2-3-11(16(21)22)7-14(10)18-9/h2-3,6-8,12H,4-5H2,1H3,(H2,17,20)(H,21,22). The summed E-state index contributed by atoms with van der Waals surface area (Å²) >= 11 is 0. The molecule has 3 N–H and O–H groups in total. The van der Waals surface area contributed by atoms with Crippen LogP contribution in [0.5, 0.6) is 0 Å². The summed E-state index contributed by atoms with van der Waals surface area (Å²) in [5.74, 6) is -1.93. The highest BCUT2D eigenvalue weighted by molar-refractivity contribution is 5.93. The Hall–Kier alpha value is -2.76. The Morgan fingerprint density at radius 2 is 2.09 bits per heavy atom. The zero-order valence-electron chi connectivity index (χ0n) is 12.1. The second-order valence-electron chi connectivity index (χ2n) is 5.12. The Labute approximate surface area is 127 Å². The van der Waals surface area contributed by atoms with E-state index in [4.69, 9.17) is 10.8 Å². The van der Waals surface area contributed by atoms with Crippen LogP contribution < -0.4 is 5.73 Å². The fraction of sp³-hybridized carbons (Fsp3) is 0.250. The lowest BCUT2D eigenvalue weighted by atomic mass is 9.93. The van der Waals surface area contributed by atoms with Gasteiger partial charge in [-0.15, -0.1) is 0 Å². The van der Waals surface area contributed by atoms with E-state index in [0.717, 1.165) is 17.2 Å². The number of primary amides is 1. The van der Waals surface area contributed by atoms with Crippen molar-refractivity contribution in [1.82, 2.24) is 4.98 Å². The van der Waals surface area contributed by atoms with Crippen LogP contribution in [0, 0.1) is 6.92 Å². The number of aromatic nitrogens is 1. The maximum Gasteiger partial charge on any atom is 0.335 e. The van der Waals surface area contributed by atoms with Crippen molar-refractivity contribution < 1.29 is 19.5 Å². The molecule has 114 valence electrons. The van der Waals surface area contributed by atoms with Crippen LogP contribution in [0.1, 0.15) is 40.4 Å². The first-order valence-electron chi connectivity index (χ1n) is 6.80. The van der Waals surface area contributed by atoms with Gasteiger partial charge >= 0.3 is 5.97 Å². The van der Waals surface area contributed by atoms with Gasteiger partial charge in [0.25, 0.3) is 0 Å². The number of aldehydes is 1. The van der Waals surface area contributed by atoms with Gasteiger partial charge in [0.1, 0.15) is 6.29 Å². The molecule has 6 nitrogen and oxygen atoms in total. The second kappa shape index (κ2) is 6.34. The molecule has 1 heterocycles. The van der Waals surface area contributed by atoms with Gasteiger partial charge in [-0.25, -0.2) is 4.79 Å². The number of fused-ring (bicyclic) bond motifs is 1. The van der Waals surface area contributed by atoms with Crippen molar-refractivity contribution >= 4 is 29.1 Å². The number of aromatic carboxylic acids is 1. The number of carbonyl (C=O) groups excluding carboxylic acids is 2. The molecular formula is C16H16N2O4. The third-order valence-corrected chi connectivity index (χ3v) is 3.56. The summed E-state index contributed by atoms with van der Waals surface area (Å²) in [5.41, 5.74) is 7.20. The van der Waals surface area contributed by atoms with Crippen molar-refractivity contribution in [1.29, 1.82) is 0 Å². The lowest BCUT2D eigenvalue weighted by molar-refractivity contribution is -0.118. The molecule has 0 spiro atoms. The summed E-state index contributed by atoms with van der Waals surface area (Å²) in [6.07, 6.45) is 1.24. The summed E-state index contributed by atoms with van der Waals surface area (Å²) in [4.78, 5) is 37.5. The van der Waals surface area contributed by atoms with Crippen LogP contribution in [0.3, 0.4) is 0 Å². The van der Waals surface area contributed by atoms with Gasteiger partial charge in [-0.05, 0) is 37.1 Å². The average Bonchev–Trinajstić information content (AvgIpc) is 2.47. The van der Waals surface area contributed by atoms with Crippen LogP contribution in [-0.2, 0) is 9.59 Å². The fourth-order valence-corrected chi connectivity index (χ4v) is 2.38. The zero-order valence-corrected chi connectivity index (χ0v) is 12.1. The maximum absolute atomic E-state index is 11.3. The fourth-order valence-electron chi connectivity index (χ4n) is 2.38. The van der Waals surface area contributed by atoms with Gasteiger partial charge in [-0.1, -0.05) is 6.07 Å². The first kappa shape index (κ1) is 15.6. The van der Waals surface area contributed by atoms with Crippen molar-refractivity contribution in [3.63, 3.8) is 0 Å². The molecule has 6 heteroatoms. The van der Waals surface area contributed by atoms with Gasteiger partial charge in [0.2, 0.25) is 5.91 Å². The smallest absolute Gasteiger partial charge is 0.335 e. The van der Waals surface area contributed by atoms with Crippen molar-refractivity contribution in [2.75, 3.05) is 0 Å². The summed E-state index contributed by atoms with van der Waals surface area (Å²) in [6, 6.07) is 6.45. The lowest BCUT2D eigenvalue weighted by Crippen LogP contribution is -2.13. The molecule has 2 aromatic rings. The molecule has 0 saturated heterocycles. The van der Waals surface area contributed by atoms with Gasteiger partial charge < -0.3 is 15.6 Å². The first-order valence-corrected chi connectivity index (χ1v) is 6.80. The number of hydrogen-bond donors (Lipinski definition) is 2. The normalized spacial score (nSPS) is 12.0. The minimum absolute atomic E-state index is 0.124. The number of pyridine rings is 1. The summed E-state index contributed by atoms with van der Waals surface area (Å²) in [5, 5.41) is 9.75. The molecule has 0 aliphatic heterocycles. The molecule has 1 aromatic carbocycles. The van der Waals surface area contributed by atoms with E-state index in [2.05, 4.69) is 4.98 Å². The molecule has 1 unspecified atom stereocenters. The molecule has 22 heavy (non-hydrogen) atoms. The number of carbonyl (C=O) groups is 3. The van der Waals surface area contributed by atoms with Crippen LogP contribution in [-0.4, -0.2) is 28.3 Å². The summed E-state index contributed by atoms with van der Waals surface area (Å²) in [6.45, 7) is 1.75. The Kier molecular flexibility index (Phi) is 4.50. The minimum atomic E-state index is -1.02. The number of hydrogen-bond acceptors (Lipinski definition) is 4. The van der Waals surface area contributed by atoms with Crippen LogP contribution in [0.4, 0.5) is 0 Å². The van der Waals surface area contributed by atoms with Gasteiger partial charge in [0.15, 0.2) is 0 Å². The highest BCUT2D eigenvalue weighted by Gasteiger charge is 2.16. The van der Waals surface area contributed by atoms with Crippen molar-refractivity contribution in [3.05, 3.63) is 41.1 Å². The average molecular weight is 300 g/mol. The quantitative estimate of drug-likeness (QED) is 0.790. The Bertz CT molecular complexity index is 755. The minimum Gasteiger partial charge on any atom is -0.478 e. The molecule has 0 saturated carbocycles. The monoisotopic (exact) mass is 300 g/mol. The van der Waals surface area contributed by atoms with Crippen LogP contribution in [0.2, 0.25) is 0 Å². The van der Waals surface area contributed by atoms with Gasteiger partial charge in [0, 0.05) is 23.4 Å². The number of amides is 1. The SMILES string of the molecule is Cc1nc2cc(C(=O)O)ccc2cc1C(C=O)CCC(N)=O. The van der Waals surface area contributed by atoms with Crippen molar-refractivity contribution in [3.8, 4) is 0 Å². The van der Waals surface area contributed by atoms with E-state index < -0.39 is 17.8 Å². The molecule has 1 atom stereocenters. The number of carboxylic acid groups (broad SMARTS) is 1. The van der Waals surface area contributed by atoms with Crippen LogP contribution >= 0.6 is 0 Å². The lowest BCUT2D eigenvalue weighted by Gasteiger charge is -2.13. The molecule has 0 bridgehead atoms. The first-order chi connectivity index (χ1) is 10.4. The van der Waals surface area contributed by atoms with E-state index in [1.54, 1.807) is 13.0 Å². The van der Waals surface area contributed by atoms with Crippen molar-refractivity contribution in [2.24, 2.45) is 5.73 Å². The third kappa shape index (κ3) is 3.28. The number of nitrogens with two attached hydrogens (primary N) is 1. The Morgan fingerprint density at radius 3 is 2.68 bits per heavy atom. The van der Waals surface area contributed by atoms with Gasteiger partial charge in [-0.2, -0.15) is 0 Å². The summed E-state index contributed by atoms with van der Waals surface area (Å²) < 4.78 is 0. The van der Waals surface area contributed by atoms with Gasteiger partial charge in [-0.3, -0.25) is 9.78 Å². The largest absolute Gasteiger partial charge is 0.478 e. The van der Waals surface area contributed by atoms with E-state index in [9.17, 15) is 14.4 Å². The van der Waals surface area contributed by atoms with Crippen LogP contribution in [0.15, 0.2) is 24.3 Å². The molecule has 0 aliphatic carbocycles. The zero-order chi connectivity index (χ0) is 16.3. The number of rotatable bonds is 6. The number of aryl methyl sites for hydroxylation is 1. The molecule has 0 fully saturated rings. The number of nitrogens with zero attached hydrogens (tertiary/aromatic N) is 1. The predicted molar refractivity (Wildman–Crippen MR) is 80.7 cm³/mol. The molecule has 1 amide bonds. The summed E-state index contributed by atoms with van der Waals surface area (Å²) in [7, 11) is 0. The highest BCUT2D eigenvalue weighted by Crippen LogP contribution is 2.26. The number of benzene rings is 1. The van der Waals surface area contributed by atoms with Crippen LogP contribution in [0.25, 0.3) is 10.9 Å². The van der Waals surface area contributed by atoms with E-state index in [-0.39, 0.29) is 12.0 Å². The van der Waals surface area contributed by atoms with Gasteiger partial charge in [0.05, 0.1) is 11.1 Å². The molecule has 2 rings (SSSR count). The molecule has 0 radical (unpaired) electrons. The predicted octanol–water partition coefficient (Wildman–Crippen LogP) is 1.79.